The standard InChI is InChI=1S/C30H30O8.C10H9BrO4/c1-35-27(31)23-17-15-21(19-25(23)29(33)37-3)13-11-9-7-5-6-8-10-12-14-22-16-18-24(28(32)36-2)26(20-22)30(34)38-4;1-14-9(12)7-4-3-6(11)5-8(7)10(13)15-2/h15-20H,5-10H2,1-4H3;3-5H,1-2H3. The summed E-state index contributed by atoms with van der Waals surface area (Å²) in [4.78, 5) is 70.4. The molecule has 0 radical (unpaired) electrons. The Morgan fingerprint density at radius 3 is 1.08 bits per heavy atom. The SMILES string of the molecule is COC(=O)c1ccc(Br)cc1C(=O)OC.COC(=O)c1ccc(C#CCCCCCCC#Cc2ccc(C(=O)OC)c(C(=O)OC)c2)cc1C(=O)OC. The van der Waals surface area contributed by atoms with Crippen LogP contribution in [0.5, 0.6) is 0 Å². The Kier molecular flexibility index (Phi) is 18.6. The fourth-order valence-corrected chi connectivity index (χ4v) is 4.93. The number of carbonyl (C=O) groups excluding carboxylic acids is 6. The number of methoxy groups -OCH3 is 6. The molecule has 0 fully saturated rings. The molecule has 0 unspecified atom stereocenters. The highest BCUT2D eigenvalue weighted by atomic mass is 79.9. The fraction of sp³-hybridized carbons (Fsp3) is 0.300. The Balaban J connectivity index is 0.000000539. The summed E-state index contributed by atoms with van der Waals surface area (Å²) in [5.74, 6) is 8.59. The molecule has 0 saturated heterocycles. The van der Waals surface area contributed by atoms with Crippen molar-refractivity contribution in [3.05, 3.63) is 104 Å². The lowest BCUT2D eigenvalue weighted by atomic mass is 10.0. The number of hydrogen-bond donors (Lipinski definition) is 0. The van der Waals surface area contributed by atoms with E-state index in [1.54, 1.807) is 18.2 Å². The summed E-state index contributed by atoms with van der Waals surface area (Å²) in [5, 5.41) is 0. The van der Waals surface area contributed by atoms with Gasteiger partial charge in [-0.25, -0.2) is 28.8 Å². The van der Waals surface area contributed by atoms with Gasteiger partial charge in [-0.3, -0.25) is 0 Å². The van der Waals surface area contributed by atoms with Crippen molar-refractivity contribution in [2.24, 2.45) is 0 Å². The van der Waals surface area contributed by atoms with Crippen LogP contribution in [0.25, 0.3) is 0 Å². The van der Waals surface area contributed by atoms with Gasteiger partial charge in [-0.2, -0.15) is 0 Å². The largest absolute Gasteiger partial charge is 0.465 e. The zero-order chi connectivity index (χ0) is 39.3. The highest BCUT2D eigenvalue weighted by Crippen LogP contribution is 2.19. The van der Waals surface area contributed by atoms with Crippen LogP contribution in [0.3, 0.4) is 0 Å². The number of ether oxygens (including phenoxy) is 6. The molecule has 0 aliphatic carbocycles. The van der Waals surface area contributed by atoms with E-state index in [0.717, 1.165) is 25.7 Å². The molecule has 13 heteroatoms. The minimum absolute atomic E-state index is 0.119. The molecule has 0 aliphatic rings. The predicted molar refractivity (Wildman–Crippen MR) is 197 cm³/mol. The van der Waals surface area contributed by atoms with Gasteiger partial charge in [0, 0.05) is 28.4 Å². The number of halogens is 1. The van der Waals surface area contributed by atoms with Crippen LogP contribution in [-0.2, 0) is 28.4 Å². The van der Waals surface area contributed by atoms with Gasteiger partial charge in [-0.1, -0.05) is 52.5 Å². The Labute approximate surface area is 316 Å². The van der Waals surface area contributed by atoms with E-state index >= 15 is 0 Å². The maximum Gasteiger partial charge on any atom is 0.338 e. The van der Waals surface area contributed by atoms with Crippen LogP contribution in [0.1, 0.15) is 112 Å². The third-order valence-corrected chi connectivity index (χ3v) is 7.76. The third-order valence-electron chi connectivity index (χ3n) is 7.27. The van der Waals surface area contributed by atoms with Crippen molar-refractivity contribution >= 4 is 51.7 Å². The Morgan fingerprint density at radius 2 is 0.736 bits per heavy atom. The number of unbranched alkanes of at least 4 members (excludes halogenated alkanes) is 5. The molecule has 0 amide bonds. The van der Waals surface area contributed by atoms with Gasteiger partial charge in [-0.15, -0.1) is 0 Å². The summed E-state index contributed by atoms with van der Waals surface area (Å²) in [7, 11) is 7.50. The molecule has 3 aromatic rings. The molecular weight excluding hydrogens is 752 g/mol. The summed E-state index contributed by atoms with van der Waals surface area (Å²) in [6.07, 6.45) is 5.21. The number of benzene rings is 3. The van der Waals surface area contributed by atoms with Crippen molar-refractivity contribution in [1.29, 1.82) is 0 Å². The van der Waals surface area contributed by atoms with Gasteiger partial charge in [0.15, 0.2) is 0 Å². The van der Waals surface area contributed by atoms with Gasteiger partial charge in [0.1, 0.15) is 0 Å². The second-order valence-corrected chi connectivity index (χ2v) is 11.6. The van der Waals surface area contributed by atoms with Crippen molar-refractivity contribution in [3.63, 3.8) is 0 Å². The molecule has 3 rings (SSSR count). The van der Waals surface area contributed by atoms with Gasteiger partial charge in [-0.05, 0) is 67.4 Å². The normalized spacial score (nSPS) is 9.64. The molecular formula is C40H39BrO12. The maximum atomic E-state index is 12.0. The highest BCUT2D eigenvalue weighted by Gasteiger charge is 2.20. The predicted octanol–water partition coefficient (Wildman–Crippen LogP) is 6.60. The maximum absolute atomic E-state index is 12.0. The van der Waals surface area contributed by atoms with Crippen LogP contribution in [0.15, 0.2) is 59.1 Å². The van der Waals surface area contributed by atoms with Gasteiger partial charge < -0.3 is 28.4 Å². The van der Waals surface area contributed by atoms with Crippen LogP contribution in [0.2, 0.25) is 0 Å². The Bertz CT molecular complexity index is 1840. The second kappa shape index (κ2) is 22.8. The topological polar surface area (TPSA) is 158 Å². The minimum atomic E-state index is -0.626. The van der Waals surface area contributed by atoms with E-state index in [-0.39, 0.29) is 33.4 Å². The average Bonchev–Trinajstić information content (AvgIpc) is 3.19. The van der Waals surface area contributed by atoms with Crippen LogP contribution in [0.4, 0.5) is 0 Å². The third kappa shape index (κ3) is 13.3. The number of rotatable bonds is 11. The van der Waals surface area contributed by atoms with Crippen LogP contribution in [0, 0.1) is 23.7 Å². The molecule has 278 valence electrons. The molecule has 0 spiro atoms. The molecule has 0 aromatic heterocycles. The molecule has 3 aromatic carbocycles. The molecule has 0 saturated carbocycles. The van der Waals surface area contributed by atoms with Crippen molar-refractivity contribution in [1.82, 2.24) is 0 Å². The fourth-order valence-electron chi connectivity index (χ4n) is 4.57. The zero-order valence-electron chi connectivity index (χ0n) is 30.2. The zero-order valence-corrected chi connectivity index (χ0v) is 31.8. The molecule has 0 N–H and O–H groups in total. The highest BCUT2D eigenvalue weighted by molar-refractivity contribution is 9.10. The van der Waals surface area contributed by atoms with E-state index in [2.05, 4.69) is 49.1 Å². The first-order valence-electron chi connectivity index (χ1n) is 16.0. The molecule has 0 bridgehead atoms. The van der Waals surface area contributed by atoms with E-state index < -0.39 is 35.8 Å². The van der Waals surface area contributed by atoms with Gasteiger partial charge in [0.2, 0.25) is 0 Å². The van der Waals surface area contributed by atoms with Crippen molar-refractivity contribution < 1.29 is 57.2 Å². The summed E-state index contributed by atoms with van der Waals surface area (Å²) >= 11 is 3.20. The van der Waals surface area contributed by atoms with Crippen LogP contribution >= 0.6 is 15.9 Å². The quantitative estimate of drug-likeness (QED) is 0.0889. The van der Waals surface area contributed by atoms with Crippen LogP contribution < -0.4 is 0 Å². The minimum Gasteiger partial charge on any atom is -0.465 e. The van der Waals surface area contributed by atoms with Gasteiger partial charge in [0.05, 0.1) is 76.0 Å². The summed E-state index contributed by atoms with van der Waals surface area (Å²) < 4.78 is 28.7. The first-order chi connectivity index (χ1) is 25.4. The molecule has 12 nitrogen and oxygen atoms in total. The molecule has 53 heavy (non-hydrogen) atoms. The van der Waals surface area contributed by atoms with E-state index in [1.165, 1.54) is 79.1 Å². The van der Waals surface area contributed by atoms with E-state index in [9.17, 15) is 28.8 Å². The number of hydrogen-bond acceptors (Lipinski definition) is 12. The molecule has 0 aliphatic heterocycles. The lowest BCUT2D eigenvalue weighted by Gasteiger charge is -2.06. The monoisotopic (exact) mass is 790 g/mol. The first-order valence-corrected chi connectivity index (χ1v) is 16.8. The summed E-state index contributed by atoms with van der Waals surface area (Å²) in [6, 6.07) is 14.1. The van der Waals surface area contributed by atoms with Crippen molar-refractivity contribution in [2.75, 3.05) is 42.7 Å². The Hall–Kier alpha value is -5.92. The van der Waals surface area contributed by atoms with Gasteiger partial charge in [0.25, 0.3) is 0 Å². The first kappa shape index (κ1) is 43.2. The lowest BCUT2D eigenvalue weighted by Crippen LogP contribution is -2.12. The molecule has 0 atom stereocenters. The van der Waals surface area contributed by atoms with Crippen molar-refractivity contribution in [2.45, 2.75) is 38.5 Å². The Morgan fingerprint density at radius 1 is 0.434 bits per heavy atom. The van der Waals surface area contributed by atoms with Gasteiger partial charge >= 0.3 is 35.8 Å². The van der Waals surface area contributed by atoms with E-state index in [0.29, 0.717) is 28.4 Å². The molecule has 0 heterocycles. The van der Waals surface area contributed by atoms with E-state index in [4.69, 9.17) is 18.9 Å². The van der Waals surface area contributed by atoms with Crippen LogP contribution in [-0.4, -0.2) is 78.5 Å². The lowest BCUT2D eigenvalue weighted by molar-refractivity contribution is 0.0555. The summed E-state index contributed by atoms with van der Waals surface area (Å²) in [6.45, 7) is 0. The summed E-state index contributed by atoms with van der Waals surface area (Å²) in [5.41, 5.74) is 2.10. The smallest absolute Gasteiger partial charge is 0.338 e. The van der Waals surface area contributed by atoms with E-state index in [1.807, 2.05) is 0 Å². The van der Waals surface area contributed by atoms with Crippen molar-refractivity contribution in [3.8, 4) is 23.7 Å². The number of carbonyl (C=O) groups is 6. The number of esters is 6. The second-order valence-electron chi connectivity index (χ2n) is 10.7. The average molecular weight is 792 g/mol.